The molecule has 0 saturated heterocycles. The van der Waals surface area contributed by atoms with Crippen molar-refractivity contribution in [1.29, 1.82) is 0 Å². The van der Waals surface area contributed by atoms with Gasteiger partial charge in [-0.2, -0.15) is 0 Å². The Kier molecular flexibility index (Phi) is 5.84. The second-order valence-electron chi connectivity index (χ2n) is 4.93. The van der Waals surface area contributed by atoms with Crippen molar-refractivity contribution in [2.75, 3.05) is 26.9 Å². The van der Waals surface area contributed by atoms with E-state index in [9.17, 15) is 0 Å². The fraction of sp³-hybridized carbons (Fsp3) is 0.412. The predicted molar refractivity (Wildman–Crippen MR) is 83.4 cm³/mol. The molecule has 3 nitrogen and oxygen atoms in total. The van der Waals surface area contributed by atoms with Gasteiger partial charge in [0.1, 0.15) is 12.4 Å². The minimum Gasteiger partial charge on any atom is -0.492 e. The summed E-state index contributed by atoms with van der Waals surface area (Å²) in [5.74, 6) is 0.906. The Balaban J connectivity index is 1.96. The highest BCUT2D eigenvalue weighted by Gasteiger charge is 2.08. The molecule has 0 amide bonds. The Morgan fingerprint density at radius 2 is 1.85 bits per heavy atom. The van der Waals surface area contributed by atoms with E-state index in [0.717, 1.165) is 18.7 Å². The first-order chi connectivity index (χ1) is 9.83. The van der Waals surface area contributed by atoms with Gasteiger partial charge in [-0.05, 0) is 35.9 Å². The van der Waals surface area contributed by atoms with E-state index in [1.807, 2.05) is 18.2 Å². The Bertz CT molecular complexity index is 527. The number of nitrogens with one attached hydrogen (secondary N) is 1. The van der Waals surface area contributed by atoms with Crippen LogP contribution in [0.25, 0.3) is 10.8 Å². The largest absolute Gasteiger partial charge is 0.492 e. The van der Waals surface area contributed by atoms with E-state index in [-0.39, 0.29) is 6.04 Å². The molecule has 2 aromatic rings. The molecule has 0 aromatic heterocycles. The third-order valence-electron chi connectivity index (χ3n) is 3.22. The fourth-order valence-corrected chi connectivity index (χ4v) is 2.17. The van der Waals surface area contributed by atoms with Gasteiger partial charge in [-0.1, -0.05) is 37.3 Å². The first-order valence-corrected chi connectivity index (χ1v) is 7.17. The zero-order chi connectivity index (χ0) is 14.2. The van der Waals surface area contributed by atoms with E-state index < -0.39 is 0 Å². The lowest BCUT2D eigenvalue weighted by Gasteiger charge is -2.18. The van der Waals surface area contributed by atoms with E-state index in [1.54, 1.807) is 7.11 Å². The van der Waals surface area contributed by atoms with Crippen molar-refractivity contribution >= 4 is 10.8 Å². The lowest BCUT2D eigenvalue weighted by molar-refractivity contribution is 0.136. The number of hydrogen-bond donors (Lipinski definition) is 1. The van der Waals surface area contributed by atoms with Crippen LogP contribution in [0.15, 0.2) is 42.5 Å². The average Bonchev–Trinajstić information content (AvgIpc) is 2.50. The van der Waals surface area contributed by atoms with Crippen LogP contribution in [-0.4, -0.2) is 32.9 Å². The van der Waals surface area contributed by atoms with Gasteiger partial charge in [0.25, 0.3) is 0 Å². The van der Waals surface area contributed by atoms with Gasteiger partial charge in [0.15, 0.2) is 0 Å². The third-order valence-corrected chi connectivity index (χ3v) is 3.22. The van der Waals surface area contributed by atoms with Crippen molar-refractivity contribution < 1.29 is 9.47 Å². The zero-order valence-corrected chi connectivity index (χ0v) is 12.3. The molecule has 0 aliphatic rings. The molecule has 0 spiro atoms. The maximum absolute atomic E-state index is 5.88. The van der Waals surface area contributed by atoms with Crippen molar-refractivity contribution in [2.45, 2.75) is 19.4 Å². The highest BCUT2D eigenvalue weighted by Crippen LogP contribution is 2.20. The van der Waals surface area contributed by atoms with Crippen LogP contribution in [0.5, 0.6) is 5.75 Å². The lowest BCUT2D eigenvalue weighted by Crippen LogP contribution is -2.38. The maximum atomic E-state index is 5.88. The highest BCUT2D eigenvalue weighted by molar-refractivity contribution is 5.83. The van der Waals surface area contributed by atoms with Gasteiger partial charge in [0.05, 0.1) is 12.6 Å². The Morgan fingerprint density at radius 3 is 2.60 bits per heavy atom. The zero-order valence-electron chi connectivity index (χ0n) is 12.3. The molecule has 0 aliphatic carbocycles. The Labute approximate surface area is 120 Å². The molecule has 0 aliphatic heterocycles. The minimum absolute atomic E-state index is 0.228. The van der Waals surface area contributed by atoms with Crippen molar-refractivity contribution in [1.82, 2.24) is 5.32 Å². The molecule has 2 rings (SSSR count). The fourth-order valence-electron chi connectivity index (χ4n) is 2.17. The summed E-state index contributed by atoms with van der Waals surface area (Å²) < 4.78 is 11.1. The van der Waals surface area contributed by atoms with E-state index in [1.165, 1.54) is 10.8 Å². The van der Waals surface area contributed by atoms with Crippen LogP contribution < -0.4 is 10.1 Å². The third kappa shape index (κ3) is 4.22. The molecule has 0 radical (unpaired) electrons. The molecule has 3 heteroatoms. The topological polar surface area (TPSA) is 30.5 Å². The quantitative estimate of drug-likeness (QED) is 0.801. The van der Waals surface area contributed by atoms with Crippen LogP contribution in [0, 0.1) is 0 Å². The molecule has 0 heterocycles. The van der Waals surface area contributed by atoms with Crippen LogP contribution in [0.4, 0.5) is 0 Å². The second kappa shape index (κ2) is 7.88. The van der Waals surface area contributed by atoms with Crippen molar-refractivity contribution in [3.63, 3.8) is 0 Å². The molecular weight excluding hydrogens is 250 g/mol. The summed E-state index contributed by atoms with van der Waals surface area (Å²) in [6, 6.07) is 14.7. The first kappa shape index (κ1) is 14.8. The summed E-state index contributed by atoms with van der Waals surface area (Å²) in [5, 5.41) is 5.86. The van der Waals surface area contributed by atoms with Crippen LogP contribution in [0.2, 0.25) is 0 Å². The van der Waals surface area contributed by atoms with Gasteiger partial charge >= 0.3 is 0 Å². The highest BCUT2D eigenvalue weighted by atomic mass is 16.5. The van der Waals surface area contributed by atoms with Gasteiger partial charge in [-0.15, -0.1) is 0 Å². The van der Waals surface area contributed by atoms with Gasteiger partial charge in [0.2, 0.25) is 0 Å². The molecule has 0 bridgehead atoms. The van der Waals surface area contributed by atoms with Crippen LogP contribution >= 0.6 is 0 Å². The summed E-state index contributed by atoms with van der Waals surface area (Å²) in [4.78, 5) is 0. The summed E-state index contributed by atoms with van der Waals surface area (Å²) >= 11 is 0. The van der Waals surface area contributed by atoms with Crippen molar-refractivity contribution in [3.8, 4) is 5.75 Å². The molecule has 108 valence electrons. The number of benzene rings is 2. The van der Waals surface area contributed by atoms with Crippen LogP contribution in [0.1, 0.15) is 13.3 Å². The SMILES string of the molecule is CCCNC(COC)COc1ccc2ccccc2c1. The summed E-state index contributed by atoms with van der Waals surface area (Å²) in [7, 11) is 1.72. The lowest BCUT2D eigenvalue weighted by atomic mass is 10.1. The average molecular weight is 273 g/mol. The minimum atomic E-state index is 0.228. The van der Waals surface area contributed by atoms with E-state index in [0.29, 0.717) is 13.2 Å². The van der Waals surface area contributed by atoms with Gasteiger partial charge in [-0.3, -0.25) is 0 Å². The number of fused-ring (bicyclic) bond motifs is 1. The van der Waals surface area contributed by atoms with E-state index in [4.69, 9.17) is 9.47 Å². The van der Waals surface area contributed by atoms with E-state index in [2.05, 4.69) is 36.5 Å². The molecule has 20 heavy (non-hydrogen) atoms. The summed E-state index contributed by atoms with van der Waals surface area (Å²) in [6.45, 7) is 4.41. The Hall–Kier alpha value is -1.58. The van der Waals surface area contributed by atoms with Crippen molar-refractivity contribution in [2.24, 2.45) is 0 Å². The molecule has 1 atom stereocenters. The summed E-state index contributed by atoms with van der Waals surface area (Å²) in [5.41, 5.74) is 0. The summed E-state index contributed by atoms with van der Waals surface area (Å²) in [6.07, 6.45) is 1.11. The van der Waals surface area contributed by atoms with Gasteiger partial charge in [0, 0.05) is 7.11 Å². The van der Waals surface area contributed by atoms with E-state index >= 15 is 0 Å². The molecule has 1 unspecified atom stereocenters. The molecule has 1 N–H and O–H groups in total. The smallest absolute Gasteiger partial charge is 0.120 e. The molecule has 2 aromatic carbocycles. The monoisotopic (exact) mass is 273 g/mol. The Morgan fingerprint density at radius 1 is 1.05 bits per heavy atom. The maximum Gasteiger partial charge on any atom is 0.120 e. The van der Waals surface area contributed by atoms with Gasteiger partial charge < -0.3 is 14.8 Å². The molecule has 0 fully saturated rings. The first-order valence-electron chi connectivity index (χ1n) is 7.17. The number of hydrogen-bond acceptors (Lipinski definition) is 3. The van der Waals surface area contributed by atoms with Crippen molar-refractivity contribution in [3.05, 3.63) is 42.5 Å². The van der Waals surface area contributed by atoms with Crippen LogP contribution in [0.3, 0.4) is 0 Å². The normalized spacial score (nSPS) is 12.5. The molecule has 0 saturated carbocycles. The standard InChI is InChI=1S/C17H23NO2/c1-3-10-18-16(12-19-2)13-20-17-9-8-14-6-4-5-7-15(14)11-17/h4-9,11,16,18H,3,10,12-13H2,1-2H3. The number of methoxy groups -OCH3 is 1. The number of ether oxygens (including phenoxy) is 2. The number of rotatable bonds is 8. The van der Waals surface area contributed by atoms with Crippen LogP contribution in [-0.2, 0) is 4.74 Å². The molecular formula is C17H23NO2. The second-order valence-corrected chi connectivity index (χ2v) is 4.93. The predicted octanol–water partition coefficient (Wildman–Crippen LogP) is 3.23. The van der Waals surface area contributed by atoms with Gasteiger partial charge in [-0.25, -0.2) is 0 Å².